The summed E-state index contributed by atoms with van der Waals surface area (Å²) in [4.78, 5) is -0.0343. The van der Waals surface area contributed by atoms with Gasteiger partial charge in [0.15, 0.2) is 0 Å². The van der Waals surface area contributed by atoms with Gasteiger partial charge in [-0.1, -0.05) is 37.3 Å². The Morgan fingerprint density at radius 2 is 1.85 bits per heavy atom. The second-order valence-electron chi connectivity index (χ2n) is 4.69. The maximum Gasteiger partial charge on any atom is 0.294 e. The van der Waals surface area contributed by atoms with Gasteiger partial charge in [-0.2, -0.15) is 8.42 Å². The van der Waals surface area contributed by atoms with Crippen LogP contribution >= 0.6 is 0 Å². The van der Waals surface area contributed by atoms with Gasteiger partial charge >= 0.3 is 0 Å². The van der Waals surface area contributed by atoms with Gasteiger partial charge in [-0.3, -0.25) is 4.55 Å². The molecule has 1 aromatic carbocycles. The van der Waals surface area contributed by atoms with Crippen LogP contribution in [0.15, 0.2) is 47.4 Å². The zero-order valence-corrected chi connectivity index (χ0v) is 12.9. The molecule has 0 amide bonds. The molecule has 0 aromatic heterocycles. The van der Waals surface area contributed by atoms with Gasteiger partial charge in [0, 0.05) is 0 Å². The normalized spacial score (nSPS) is 12.6. The highest BCUT2D eigenvalue weighted by molar-refractivity contribution is 7.85. The Bertz CT molecular complexity index is 584. The van der Waals surface area contributed by atoms with E-state index in [0.29, 0.717) is 0 Å². The molecule has 1 aromatic rings. The zero-order chi connectivity index (χ0) is 15.0. The summed E-state index contributed by atoms with van der Waals surface area (Å²) >= 11 is 0. The van der Waals surface area contributed by atoms with Gasteiger partial charge in [0.2, 0.25) is 0 Å². The predicted molar refractivity (Wildman–Crippen MR) is 82.5 cm³/mol. The van der Waals surface area contributed by atoms with Crippen molar-refractivity contribution in [1.82, 2.24) is 0 Å². The van der Waals surface area contributed by atoms with Gasteiger partial charge < -0.3 is 0 Å². The standard InChI is InChI=1S/C16H22O3S/c1-3-4-5-6-7-8-9-10-15-13-16(20(17,18)19)12-11-14(15)2/h4-5,7-8,11-13H,3,6,9-10H2,1-2H3,(H,17,18,19)/b5-4-,8-7-. The van der Waals surface area contributed by atoms with Crippen LogP contribution in [0.3, 0.4) is 0 Å². The molecule has 3 nitrogen and oxygen atoms in total. The second-order valence-corrected chi connectivity index (χ2v) is 6.11. The lowest BCUT2D eigenvalue weighted by atomic mass is 10.0. The first-order chi connectivity index (χ1) is 9.45. The quantitative estimate of drug-likeness (QED) is 0.609. The predicted octanol–water partition coefficient (Wildman–Crippen LogP) is 4.09. The zero-order valence-electron chi connectivity index (χ0n) is 12.0. The fourth-order valence-corrected chi connectivity index (χ4v) is 2.40. The van der Waals surface area contributed by atoms with E-state index in [2.05, 4.69) is 31.2 Å². The Morgan fingerprint density at radius 1 is 1.15 bits per heavy atom. The molecule has 0 radical (unpaired) electrons. The van der Waals surface area contributed by atoms with E-state index < -0.39 is 10.1 Å². The van der Waals surface area contributed by atoms with Gasteiger partial charge in [-0.05, 0) is 55.9 Å². The van der Waals surface area contributed by atoms with Crippen LogP contribution in [0.5, 0.6) is 0 Å². The van der Waals surface area contributed by atoms with Crippen molar-refractivity contribution in [3.8, 4) is 0 Å². The lowest BCUT2D eigenvalue weighted by molar-refractivity contribution is 0.483. The molecule has 110 valence electrons. The molecule has 0 heterocycles. The maximum absolute atomic E-state index is 11.1. The first kappa shape index (κ1) is 16.7. The molecular weight excluding hydrogens is 272 g/mol. The number of rotatable bonds is 7. The molecular formula is C16H22O3S. The number of aryl methyl sites for hydroxylation is 2. The summed E-state index contributed by atoms with van der Waals surface area (Å²) in [6.45, 7) is 4.04. The van der Waals surface area contributed by atoms with E-state index in [1.807, 2.05) is 6.92 Å². The van der Waals surface area contributed by atoms with Crippen LogP contribution in [0.1, 0.15) is 37.3 Å². The fourth-order valence-electron chi connectivity index (χ4n) is 1.87. The van der Waals surface area contributed by atoms with Crippen molar-refractivity contribution in [2.45, 2.75) is 44.4 Å². The van der Waals surface area contributed by atoms with Crippen LogP contribution in [0.2, 0.25) is 0 Å². The molecule has 1 N–H and O–H groups in total. The molecule has 0 aliphatic rings. The first-order valence-corrected chi connectivity index (χ1v) is 8.26. The Hall–Kier alpha value is -1.39. The minimum atomic E-state index is -4.11. The lowest BCUT2D eigenvalue weighted by Crippen LogP contribution is -2.00. The van der Waals surface area contributed by atoms with E-state index in [0.717, 1.165) is 36.8 Å². The topological polar surface area (TPSA) is 54.4 Å². The summed E-state index contributed by atoms with van der Waals surface area (Å²) in [6, 6.07) is 4.71. The van der Waals surface area contributed by atoms with Gasteiger partial charge in [0.05, 0.1) is 4.90 Å². The Balaban J connectivity index is 2.62. The fraction of sp³-hybridized carbons (Fsp3) is 0.375. The summed E-state index contributed by atoms with van der Waals surface area (Å²) in [7, 11) is -4.11. The number of allylic oxidation sites excluding steroid dienone is 4. The lowest BCUT2D eigenvalue weighted by Gasteiger charge is -2.06. The maximum atomic E-state index is 11.1. The van der Waals surface area contributed by atoms with Crippen LogP contribution < -0.4 is 0 Å². The number of hydrogen-bond donors (Lipinski definition) is 1. The minimum Gasteiger partial charge on any atom is -0.282 e. The molecule has 0 aliphatic carbocycles. The third-order valence-corrected chi connectivity index (χ3v) is 3.89. The Labute approximate surface area is 121 Å². The van der Waals surface area contributed by atoms with E-state index in [-0.39, 0.29) is 4.90 Å². The summed E-state index contributed by atoms with van der Waals surface area (Å²) in [5.41, 5.74) is 1.99. The van der Waals surface area contributed by atoms with E-state index in [4.69, 9.17) is 4.55 Å². The third-order valence-electron chi connectivity index (χ3n) is 3.04. The third kappa shape index (κ3) is 5.72. The monoisotopic (exact) mass is 294 g/mol. The molecule has 1 rings (SSSR count). The van der Waals surface area contributed by atoms with Gasteiger partial charge in [-0.25, -0.2) is 0 Å². The molecule has 0 aliphatic heterocycles. The summed E-state index contributed by atoms with van der Waals surface area (Å²) in [5.74, 6) is 0. The van der Waals surface area contributed by atoms with Crippen molar-refractivity contribution < 1.29 is 13.0 Å². The highest BCUT2D eigenvalue weighted by atomic mass is 32.2. The van der Waals surface area contributed by atoms with Gasteiger partial charge in [0.25, 0.3) is 10.1 Å². The van der Waals surface area contributed by atoms with E-state index in [1.165, 1.54) is 6.07 Å². The molecule has 0 fully saturated rings. The Morgan fingerprint density at radius 3 is 2.50 bits per heavy atom. The molecule has 0 unspecified atom stereocenters. The van der Waals surface area contributed by atoms with Gasteiger partial charge in [-0.15, -0.1) is 0 Å². The van der Waals surface area contributed by atoms with Gasteiger partial charge in [0.1, 0.15) is 0 Å². The highest BCUT2D eigenvalue weighted by Gasteiger charge is 2.10. The van der Waals surface area contributed by atoms with Crippen molar-refractivity contribution in [3.05, 3.63) is 53.6 Å². The Kier molecular flexibility index (Phi) is 6.68. The van der Waals surface area contributed by atoms with Crippen LogP contribution in [0.4, 0.5) is 0 Å². The molecule has 0 spiro atoms. The molecule has 4 heteroatoms. The van der Waals surface area contributed by atoms with Crippen molar-refractivity contribution in [2.24, 2.45) is 0 Å². The molecule has 0 saturated heterocycles. The van der Waals surface area contributed by atoms with Crippen LogP contribution in [-0.4, -0.2) is 13.0 Å². The molecule has 20 heavy (non-hydrogen) atoms. The summed E-state index contributed by atoms with van der Waals surface area (Å²) in [5, 5.41) is 0. The van der Waals surface area contributed by atoms with Crippen molar-refractivity contribution in [3.63, 3.8) is 0 Å². The summed E-state index contributed by atoms with van der Waals surface area (Å²) < 4.78 is 31.3. The average molecular weight is 294 g/mol. The van der Waals surface area contributed by atoms with E-state index in [9.17, 15) is 8.42 Å². The average Bonchev–Trinajstić information content (AvgIpc) is 2.38. The summed E-state index contributed by atoms with van der Waals surface area (Å²) in [6.07, 6.45) is 12.1. The van der Waals surface area contributed by atoms with Crippen molar-refractivity contribution in [1.29, 1.82) is 0 Å². The smallest absolute Gasteiger partial charge is 0.282 e. The number of hydrogen-bond acceptors (Lipinski definition) is 2. The SMILES string of the molecule is CC/C=C\C/C=C\CCc1cc(S(=O)(=O)O)ccc1C. The van der Waals surface area contributed by atoms with Crippen LogP contribution in [0, 0.1) is 6.92 Å². The van der Waals surface area contributed by atoms with Crippen LogP contribution in [0.25, 0.3) is 0 Å². The molecule has 0 bridgehead atoms. The largest absolute Gasteiger partial charge is 0.294 e. The first-order valence-electron chi connectivity index (χ1n) is 6.82. The van der Waals surface area contributed by atoms with E-state index >= 15 is 0 Å². The molecule has 0 atom stereocenters. The minimum absolute atomic E-state index is 0.0343. The molecule has 0 saturated carbocycles. The second kappa shape index (κ2) is 8.02. The van der Waals surface area contributed by atoms with E-state index in [1.54, 1.807) is 12.1 Å². The van der Waals surface area contributed by atoms with Crippen molar-refractivity contribution >= 4 is 10.1 Å². The number of benzene rings is 1. The van der Waals surface area contributed by atoms with Crippen molar-refractivity contribution in [2.75, 3.05) is 0 Å². The van der Waals surface area contributed by atoms with Crippen LogP contribution in [-0.2, 0) is 16.5 Å². The highest BCUT2D eigenvalue weighted by Crippen LogP contribution is 2.17.